The number of nitrogens with one attached hydrogen (secondary N) is 1. The number of aromatic nitrogens is 3. The molecule has 0 aliphatic rings. The summed E-state index contributed by atoms with van der Waals surface area (Å²) in [7, 11) is 8.46. The molecule has 14 heteroatoms. The molecule has 12 nitrogen and oxygen atoms in total. The van der Waals surface area contributed by atoms with Crippen LogP contribution in [-0.4, -0.2) is 65.7 Å². The van der Waals surface area contributed by atoms with Gasteiger partial charge in [-0.15, -0.1) is 0 Å². The molecule has 0 aliphatic carbocycles. The van der Waals surface area contributed by atoms with E-state index in [2.05, 4.69) is 15.3 Å². The third-order valence-corrected chi connectivity index (χ3v) is 6.06. The van der Waals surface area contributed by atoms with Gasteiger partial charge in [-0.05, 0) is 32.3 Å². The van der Waals surface area contributed by atoms with Crippen molar-refractivity contribution in [3.63, 3.8) is 0 Å². The first-order valence-corrected chi connectivity index (χ1v) is 12.0. The summed E-state index contributed by atoms with van der Waals surface area (Å²) in [6.45, 7) is 1.23. The maximum absolute atomic E-state index is 14.1. The lowest BCUT2D eigenvalue weighted by molar-refractivity contribution is -0.384. The number of nitrogens with zero attached hydrogens (tertiary/aromatic N) is 6. The van der Waals surface area contributed by atoms with Crippen LogP contribution in [0.25, 0.3) is 11.0 Å². The number of likely N-dealkylation sites (N-methyl/N-ethyl adjacent to an activating group) is 2. The third kappa shape index (κ3) is 5.91. The molecule has 2 aromatic heterocycles. The Balaban J connectivity index is 1.68. The standard InChI is InChI=1S/C26H27F2N7O5/c1-32(2)8-9-33(3)19-13-22(39-5)18(12-20(19)35(37)38)30-26-29-14-15-10-23(25(36)34(4)24(15)31-26)40-21-7-6-16(27)11-17(21)28/h6-7,10-14H,8-9H2,1-5H3,(H,29,30,31). The van der Waals surface area contributed by atoms with Gasteiger partial charge in [-0.2, -0.15) is 4.98 Å². The molecule has 4 aromatic rings. The van der Waals surface area contributed by atoms with E-state index in [0.717, 1.165) is 12.1 Å². The molecule has 0 aliphatic heterocycles. The van der Waals surface area contributed by atoms with Gasteiger partial charge in [0.05, 0.1) is 17.7 Å². The van der Waals surface area contributed by atoms with Gasteiger partial charge in [0.1, 0.15) is 22.9 Å². The number of anilines is 3. The van der Waals surface area contributed by atoms with Crippen LogP contribution in [0.2, 0.25) is 0 Å². The van der Waals surface area contributed by atoms with E-state index >= 15 is 0 Å². The topological polar surface area (TPSA) is 128 Å². The number of aryl methyl sites for hydroxylation is 1. The van der Waals surface area contributed by atoms with Gasteiger partial charge < -0.3 is 24.6 Å². The van der Waals surface area contributed by atoms with Crippen LogP contribution < -0.4 is 25.2 Å². The maximum Gasteiger partial charge on any atom is 0.294 e. The number of nitro benzene ring substituents is 1. The molecule has 0 radical (unpaired) electrons. The monoisotopic (exact) mass is 555 g/mol. The number of rotatable bonds is 10. The fourth-order valence-electron chi connectivity index (χ4n) is 3.89. The number of methoxy groups -OCH3 is 1. The lowest BCUT2D eigenvalue weighted by Crippen LogP contribution is -2.29. The molecule has 0 saturated carbocycles. The van der Waals surface area contributed by atoms with Crippen molar-refractivity contribution in [2.24, 2.45) is 7.05 Å². The highest BCUT2D eigenvalue weighted by Gasteiger charge is 2.23. The van der Waals surface area contributed by atoms with Crippen molar-refractivity contribution >= 4 is 34.0 Å². The smallest absolute Gasteiger partial charge is 0.294 e. The Morgan fingerprint density at radius 1 is 1.07 bits per heavy atom. The van der Waals surface area contributed by atoms with E-state index in [0.29, 0.717) is 36.0 Å². The summed E-state index contributed by atoms with van der Waals surface area (Å²) < 4.78 is 39.4. The van der Waals surface area contributed by atoms with Crippen LogP contribution in [0, 0.1) is 21.7 Å². The summed E-state index contributed by atoms with van der Waals surface area (Å²) in [6.07, 6.45) is 1.41. The summed E-state index contributed by atoms with van der Waals surface area (Å²) in [4.78, 5) is 36.7. The molecular weight excluding hydrogens is 528 g/mol. The van der Waals surface area contributed by atoms with Crippen molar-refractivity contribution in [2.75, 3.05) is 51.6 Å². The molecule has 0 fully saturated rings. The average Bonchev–Trinajstić information content (AvgIpc) is 2.91. The molecule has 2 heterocycles. The van der Waals surface area contributed by atoms with E-state index in [4.69, 9.17) is 9.47 Å². The normalized spacial score (nSPS) is 11.1. The van der Waals surface area contributed by atoms with Gasteiger partial charge in [0.2, 0.25) is 5.95 Å². The lowest BCUT2D eigenvalue weighted by atomic mass is 10.2. The largest absolute Gasteiger partial charge is 0.494 e. The third-order valence-electron chi connectivity index (χ3n) is 6.06. The fraction of sp³-hybridized carbons (Fsp3) is 0.269. The highest BCUT2D eigenvalue weighted by atomic mass is 19.1. The molecule has 1 N–H and O–H groups in total. The molecule has 210 valence electrons. The zero-order valence-corrected chi connectivity index (χ0v) is 22.4. The summed E-state index contributed by atoms with van der Waals surface area (Å²) in [5, 5.41) is 15.2. The summed E-state index contributed by atoms with van der Waals surface area (Å²) >= 11 is 0. The Hall–Kier alpha value is -4.85. The van der Waals surface area contributed by atoms with Gasteiger partial charge in [-0.25, -0.2) is 13.8 Å². The van der Waals surface area contributed by atoms with Crippen molar-refractivity contribution in [1.82, 2.24) is 19.4 Å². The quantitative estimate of drug-likeness (QED) is 0.226. The minimum atomic E-state index is -0.962. The second kappa shape index (κ2) is 11.5. The number of hydrogen-bond donors (Lipinski definition) is 1. The van der Waals surface area contributed by atoms with Crippen LogP contribution in [0.4, 0.5) is 31.8 Å². The number of fused-ring (bicyclic) bond motifs is 1. The number of nitro groups is 1. The Bertz CT molecular complexity index is 1640. The van der Waals surface area contributed by atoms with Gasteiger partial charge in [0.15, 0.2) is 17.3 Å². The van der Waals surface area contributed by atoms with Gasteiger partial charge in [-0.1, -0.05) is 0 Å². The Morgan fingerprint density at radius 3 is 2.48 bits per heavy atom. The number of benzene rings is 2. The van der Waals surface area contributed by atoms with Gasteiger partial charge in [0, 0.05) is 57.0 Å². The first-order valence-electron chi connectivity index (χ1n) is 12.0. The number of ether oxygens (including phenoxy) is 2. The maximum atomic E-state index is 14.1. The molecule has 0 atom stereocenters. The van der Waals surface area contributed by atoms with Crippen LogP contribution in [-0.2, 0) is 7.05 Å². The van der Waals surface area contributed by atoms with Gasteiger partial charge >= 0.3 is 0 Å². The number of hydrogen-bond acceptors (Lipinski definition) is 10. The second-order valence-electron chi connectivity index (χ2n) is 9.17. The molecule has 0 unspecified atom stereocenters. The minimum Gasteiger partial charge on any atom is -0.494 e. The van der Waals surface area contributed by atoms with Crippen molar-refractivity contribution in [3.05, 3.63) is 74.7 Å². The first kappa shape index (κ1) is 28.2. The molecule has 0 amide bonds. The average molecular weight is 556 g/mol. The zero-order valence-electron chi connectivity index (χ0n) is 22.4. The molecule has 0 saturated heterocycles. The fourth-order valence-corrected chi connectivity index (χ4v) is 3.89. The summed E-state index contributed by atoms with van der Waals surface area (Å²) in [5.41, 5.74) is 0.0611. The van der Waals surface area contributed by atoms with E-state index < -0.39 is 22.1 Å². The van der Waals surface area contributed by atoms with Crippen LogP contribution in [0.3, 0.4) is 0 Å². The molecule has 2 aromatic carbocycles. The first-order chi connectivity index (χ1) is 19.0. The van der Waals surface area contributed by atoms with Crippen LogP contribution in [0.5, 0.6) is 17.2 Å². The van der Waals surface area contributed by atoms with E-state index in [-0.39, 0.29) is 34.5 Å². The zero-order chi connectivity index (χ0) is 29.1. The van der Waals surface area contributed by atoms with Crippen LogP contribution >= 0.6 is 0 Å². The summed E-state index contributed by atoms with van der Waals surface area (Å²) in [6, 6.07) is 6.98. The predicted octanol–water partition coefficient (Wildman–Crippen LogP) is 4.06. The highest BCUT2D eigenvalue weighted by Crippen LogP contribution is 2.39. The number of halogens is 2. The summed E-state index contributed by atoms with van der Waals surface area (Å²) in [5.74, 6) is -1.91. The predicted molar refractivity (Wildman–Crippen MR) is 146 cm³/mol. The van der Waals surface area contributed by atoms with E-state index in [1.54, 1.807) is 18.0 Å². The van der Waals surface area contributed by atoms with Crippen LogP contribution in [0.1, 0.15) is 0 Å². The minimum absolute atomic E-state index is 0.0436. The Kier molecular flexibility index (Phi) is 8.09. The van der Waals surface area contributed by atoms with Crippen molar-refractivity contribution < 1.29 is 23.2 Å². The van der Waals surface area contributed by atoms with E-state index in [1.807, 2.05) is 19.0 Å². The lowest BCUT2D eigenvalue weighted by Gasteiger charge is -2.22. The highest BCUT2D eigenvalue weighted by molar-refractivity contribution is 5.80. The molecule has 4 rings (SSSR count). The Morgan fingerprint density at radius 2 is 1.82 bits per heavy atom. The van der Waals surface area contributed by atoms with E-state index in [1.165, 1.54) is 37.1 Å². The van der Waals surface area contributed by atoms with Crippen LogP contribution in [0.15, 0.2) is 47.4 Å². The molecule has 0 spiro atoms. The second-order valence-corrected chi connectivity index (χ2v) is 9.17. The van der Waals surface area contributed by atoms with Crippen molar-refractivity contribution in [3.8, 4) is 17.2 Å². The SMILES string of the molecule is COc1cc(N(C)CCN(C)C)c([N+](=O)[O-])cc1Nc1ncc2cc(Oc3ccc(F)cc3F)c(=O)n(C)c2n1. The Labute approximate surface area is 227 Å². The molecule has 0 bridgehead atoms. The molecule has 40 heavy (non-hydrogen) atoms. The molecular formula is C26H27F2N7O5. The van der Waals surface area contributed by atoms with E-state index in [9.17, 15) is 23.7 Å². The number of pyridine rings is 1. The van der Waals surface area contributed by atoms with Crippen molar-refractivity contribution in [1.29, 1.82) is 0 Å². The van der Waals surface area contributed by atoms with Crippen molar-refractivity contribution in [2.45, 2.75) is 0 Å². The van der Waals surface area contributed by atoms with Gasteiger partial charge in [-0.3, -0.25) is 19.5 Å². The van der Waals surface area contributed by atoms with Gasteiger partial charge in [0.25, 0.3) is 11.2 Å².